The molecule has 0 fully saturated rings. The molecule has 3 aromatic rings. The maximum atomic E-state index is 10.8. The van der Waals surface area contributed by atoms with Gasteiger partial charge in [0, 0.05) is 5.56 Å². The molecular weight excluding hydrogens is 393 g/mol. The zero-order chi connectivity index (χ0) is 17.3. The monoisotopic (exact) mass is 401 g/mol. The van der Waals surface area contributed by atoms with Gasteiger partial charge in [0.15, 0.2) is 16.2 Å². The van der Waals surface area contributed by atoms with Crippen molar-refractivity contribution >= 4 is 45.9 Å². The summed E-state index contributed by atoms with van der Waals surface area (Å²) in [5.74, 6) is -0.0232. The van der Waals surface area contributed by atoms with Crippen molar-refractivity contribution in [2.75, 3.05) is 0 Å². The Hall–Kier alpha value is -1.44. The van der Waals surface area contributed by atoms with Gasteiger partial charge in [-0.3, -0.25) is 9.55 Å². The van der Waals surface area contributed by atoms with Crippen molar-refractivity contribution in [1.82, 2.24) is 14.5 Å². The Morgan fingerprint density at radius 1 is 1.08 bits per heavy atom. The molecule has 0 aliphatic rings. The third-order valence-corrected chi connectivity index (χ3v) is 4.83. The van der Waals surface area contributed by atoms with Gasteiger partial charge in [-0.25, -0.2) is 9.19 Å². The first kappa shape index (κ1) is 17.4. The molecule has 124 valence electrons. The summed E-state index contributed by atoms with van der Waals surface area (Å²) in [5, 5.41) is 1.18. The van der Waals surface area contributed by atoms with E-state index in [1.807, 2.05) is 0 Å². The van der Waals surface area contributed by atoms with Crippen molar-refractivity contribution in [1.29, 1.82) is 0 Å². The van der Waals surface area contributed by atoms with Crippen LogP contribution in [0.3, 0.4) is 0 Å². The van der Waals surface area contributed by atoms with E-state index in [2.05, 4.69) is 9.97 Å². The molecule has 5 nitrogen and oxygen atoms in total. The zero-order valence-electron chi connectivity index (χ0n) is 12.0. The highest BCUT2D eigenvalue weighted by molar-refractivity contribution is 7.78. The van der Waals surface area contributed by atoms with Gasteiger partial charge >= 0.3 is 0 Å². The molecule has 0 amide bonds. The van der Waals surface area contributed by atoms with Crippen molar-refractivity contribution in [3.63, 3.8) is 0 Å². The number of nitrogens with zero attached hydrogens (tertiary/aromatic N) is 3. The Bertz CT molecular complexity index is 913. The Morgan fingerprint density at radius 2 is 1.88 bits per heavy atom. The van der Waals surface area contributed by atoms with Crippen LogP contribution in [0.2, 0.25) is 15.2 Å². The van der Waals surface area contributed by atoms with Crippen LogP contribution < -0.4 is 0 Å². The van der Waals surface area contributed by atoms with Gasteiger partial charge in [-0.15, -0.1) is 0 Å². The molecule has 1 atom stereocenters. The summed E-state index contributed by atoms with van der Waals surface area (Å²) in [5.41, 5.74) is 2.63. The highest BCUT2D eigenvalue weighted by Crippen LogP contribution is 2.33. The van der Waals surface area contributed by atoms with Gasteiger partial charge in [0.2, 0.25) is 0 Å². The molecule has 2 aromatic heterocycles. The largest absolute Gasteiger partial charge is 0.306 e. The molecule has 1 unspecified atom stereocenters. The molecule has 0 aliphatic heterocycles. The molecule has 0 aliphatic carbocycles. The van der Waals surface area contributed by atoms with Gasteiger partial charge in [0.1, 0.15) is 6.33 Å². The second kappa shape index (κ2) is 7.21. The first-order valence-electron chi connectivity index (χ1n) is 6.66. The van der Waals surface area contributed by atoms with Gasteiger partial charge in [-0.2, -0.15) is 0 Å². The quantitative estimate of drug-likeness (QED) is 0.647. The van der Waals surface area contributed by atoms with Crippen molar-refractivity contribution in [2.45, 2.75) is 5.75 Å². The van der Waals surface area contributed by atoms with Crippen molar-refractivity contribution in [3.8, 4) is 16.9 Å². The topological polar surface area (TPSA) is 68.0 Å². The molecule has 0 saturated carbocycles. The van der Waals surface area contributed by atoms with E-state index < -0.39 is 11.1 Å². The molecule has 1 aromatic carbocycles. The zero-order valence-corrected chi connectivity index (χ0v) is 15.1. The standard InChI is InChI=1S/C15H10Cl3N3O2S/c16-12-4-1-9(5-13(12)17)14-15(18)20-8-21(14)11-3-2-10(19-6-11)7-24(22)23/h1-6,8H,7H2,(H,22,23). The lowest BCUT2D eigenvalue weighted by molar-refractivity contribution is 0.563. The van der Waals surface area contributed by atoms with E-state index >= 15 is 0 Å². The van der Waals surface area contributed by atoms with Crippen LogP contribution in [0.5, 0.6) is 0 Å². The van der Waals surface area contributed by atoms with Crippen molar-refractivity contribution in [2.24, 2.45) is 0 Å². The molecule has 2 heterocycles. The van der Waals surface area contributed by atoms with Crippen LogP contribution in [0, 0.1) is 0 Å². The lowest BCUT2D eigenvalue weighted by atomic mass is 10.1. The minimum atomic E-state index is -1.93. The Morgan fingerprint density at radius 3 is 2.50 bits per heavy atom. The number of aromatic nitrogens is 3. The van der Waals surface area contributed by atoms with E-state index in [4.69, 9.17) is 39.4 Å². The van der Waals surface area contributed by atoms with E-state index in [0.29, 0.717) is 32.3 Å². The third kappa shape index (κ3) is 3.63. The molecule has 24 heavy (non-hydrogen) atoms. The number of hydrogen-bond donors (Lipinski definition) is 1. The van der Waals surface area contributed by atoms with Crippen LogP contribution in [0.4, 0.5) is 0 Å². The third-order valence-electron chi connectivity index (χ3n) is 3.27. The fraction of sp³-hybridized carbons (Fsp3) is 0.0667. The smallest absolute Gasteiger partial charge is 0.158 e. The average Bonchev–Trinajstić information content (AvgIpc) is 2.92. The Kier molecular flexibility index (Phi) is 5.22. The number of hydrogen-bond acceptors (Lipinski definition) is 3. The van der Waals surface area contributed by atoms with E-state index in [1.54, 1.807) is 47.4 Å². The summed E-state index contributed by atoms with van der Waals surface area (Å²) in [4.78, 5) is 8.31. The predicted molar refractivity (Wildman–Crippen MR) is 96.3 cm³/mol. The summed E-state index contributed by atoms with van der Waals surface area (Å²) < 4.78 is 21.5. The maximum absolute atomic E-state index is 10.8. The van der Waals surface area contributed by atoms with E-state index in [0.717, 1.165) is 5.56 Å². The van der Waals surface area contributed by atoms with Crippen LogP contribution in [0.1, 0.15) is 5.69 Å². The molecule has 1 N–H and O–H groups in total. The number of rotatable bonds is 4. The fourth-order valence-electron chi connectivity index (χ4n) is 2.20. The van der Waals surface area contributed by atoms with Gasteiger partial charge in [0.25, 0.3) is 0 Å². The van der Waals surface area contributed by atoms with Crippen LogP contribution in [0.15, 0.2) is 42.9 Å². The van der Waals surface area contributed by atoms with Crippen molar-refractivity contribution < 1.29 is 8.76 Å². The summed E-state index contributed by atoms with van der Waals surface area (Å²) in [6.45, 7) is 0. The molecule has 0 radical (unpaired) electrons. The second-order valence-corrected chi connectivity index (χ2v) is 6.96. The van der Waals surface area contributed by atoms with Crippen molar-refractivity contribution in [3.05, 3.63) is 63.7 Å². The highest BCUT2D eigenvalue weighted by Gasteiger charge is 2.14. The van der Waals surface area contributed by atoms with E-state index in [9.17, 15) is 4.21 Å². The SMILES string of the molecule is O=S(O)Cc1ccc(-n2cnc(Cl)c2-c2ccc(Cl)c(Cl)c2)cn1. The van der Waals surface area contributed by atoms with Gasteiger partial charge < -0.3 is 4.55 Å². The predicted octanol–water partition coefficient (Wildman–Crippen LogP) is 4.62. The molecule has 3 rings (SSSR count). The summed E-state index contributed by atoms with van der Waals surface area (Å²) in [6.07, 6.45) is 3.16. The van der Waals surface area contributed by atoms with E-state index in [1.165, 1.54) is 0 Å². The molecule has 0 spiro atoms. The Balaban J connectivity index is 2.03. The van der Waals surface area contributed by atoms with Crippen LogP contribution >= 0.6 is 34.8 Å². The van der Waals surface area contributed by atoms with Crippen LogP contribution in [0.25, 0.3) is 16.9 Å². The lowest BCUT2D eigenvalue weighted by Crippen LogP contribution is -2.00. The van der Waals surface area contributed by atoms with Gasteiger partial charge in [-0.05, 0) is 24.3 Å². The number of pyridine rings is 1. The normalized spacial score (nSPS) is 12.3. The molecular formula is C15H10Cl3N3O2S. The van der Waals surface area contributed by atoms with Crippen LogP contribution in [-0.2, 0) is 16.8 Å². The van der Waals surface area contributed by atoms with Crippen LogP contribution in [-0.4, -0.2) is 23.3 Å². The number of halogens is 3. The Labute approximate surface area is 155 Å². The minimum absolute atomic E-state index is 0.0232. The summed E-state index contributed by atoms with van der Waals surface area (Å²) in [6, 6.07) is 8.64. The van der Waals surface area contributed by atoms with E-state index in [-0.39, 0.29) is 5.75 Å². The minimum Gasteiger partial charge on any atom is -0.306 e. The summed E-state index contributed by atoms with van der Waals surface area (Å²) in [7, 11) is 0. The molecule has 0 bridgehead atoms. The maximum Gasteiger partial charge on any atom is 0.158 e. The van der Waals surface area contributed by atoms with Gasteiger partial charge in [0.05, 0.1) is 39.1 Å². The lowest BCUT2D eigenvalue weighted by Gasteiger charge is -2.10. The van der Waals surface area contributed by atoms with Gasteiger partial charge in [-0.1, -0.05) is 40.9 Å². The highest BCUT2D eigenvalue weighted by atomic mass is 35.5. The number of benzene rings is 1. The fourth-order valence-corrected chi connectivity index (χ4v) is 3.16. The average molecular weight is 403 g/mol. The second-order valence-electron chi connectivity index (χ2n) is 4.86. The summed E-state index contributed by atoms with van der Waals surface area (Å²) >= 11 is 16.3. The number of imidazole rings is 1. The first-order valence-corrected chi connectivity index (χ1v) is 9.07. The molecule has 0 saturated heterocycles. The molecule has 9 heteroatoms. The first-order chi connectivity index (χ1) is 11.5.